The van der Waals surface area contributed by atoms with Crippen molar-refractivity contribution in [1.29, 1.82) is 0 Å². The predicted octanol–water partition coefficient (Wildman–Crippen LogP) is 3.72. The van der Waals surface area contributed by atoms with E-state index < -0.39 is 26.8 Å². The number of sulfonamides is 1. The standard InChI is InChI=1S/C20H19FN2O3S/c1-13-6-9-19(16(21)11-13)27(25,26)23-18-12-15(8-7-14(18)2)20(24)17-5-3-4-10-22-17/h3-12,20,23-24H,1-2H3/t20-/m0/s1. The summed E-state index contributed by atoms with van der Waals surface area (Å²) in [5.41, 5.74) is 2.45. The van der Waals surface area contributed by atoms with Gasteiger partial charge in [0.25, 0.3) is 10.0 Å². The van der Waals surface area contributed by atoms with Gasteiger partial charge in [0.2, 0.25) is 0 Å². The third-order valence-corrected chi connectivity index (χ3v) is 5.57. The highest BCUT2D eigenvalue weighted by Gasteiger charge is 2.21. The fourth-order valence-corrected chi connectivity index (χ4v) is 3.83. The average molecular weight is 386 g/mol. The number of anilines is 1. The first-order valence-electron chi connectivity index (χ1n) is 8.26. The third kappa shape index (κ3) is 4.15. The molecule has 3 aromatic rings. The zero-order chi connectivity index (χ0) is 19.6. The van der Waals surface area contributed by atoms with Gasteiger partial charge in [-0.15, -0.1) is 0 Å². The molecule has 1 aromatic heterocycles. The van der Waals surface area contributed by atoms with Crippen molar-refractivity contribution in [3.63, 3.8) is 0 Å². The van der Waals surface area contributed by atoms with E-state index in [2.05, 4.69) is 9.71 Å². The van der Waals surface area contributed by atoms with Crippen molar-refractivity contribution in [2.45, 2.75) is 24.8 Å². The lowest BCUT2D eigenvalue weighted by atomic mass is 10.0. The number of aliphatic hydroxyl groups excluding tert-OH is 1. The predicted molar refractivity (Wildman–Crippen MR) is 101 cm³/mol. The van der Waals surface area contributed by atoms with E-state index in [1.54, 1.807) is 50.4 Å². The van der Waals surface area contributed by atoms with Crippen molar-refractivity contribution in [3.05, 3.63) is 89.0 Å². The molecule has 0 aliphatic heterocycles. The van der Waals surface area contributed by atoms with Crippen LogP contribution in [-0.4, -0.2) is 18.5 Å². The molecule has 7 heteroatoms. The van der Waals surface area contributed by atoms with Crippen LogP contribution in [0, 0.1) is 19.7 Å². The number of nitrogens with zero attached hydrogens (tertiary/aromatic N) is 1. The molecule has 0 unspecified atom stereocenters. The van der Waals surface area contributed by atoms with Crippen molar-refractivity contribution in [2.75, 3.05) is 4.72 Å². The molecule has 1 heterocycles. The summed E-state index contributed by atoms with van der Waals surface area (Å²) < 4.78 is 41.7. The van der Waals surface area contributed by atoms with E-state index in [9.17, 15) is 17.9 Å². The maximum atomic E-state index is 14.1. The van der Waals surface area contributed by atoms with E-state index >= 15 is 0 Å². The largest absolute Gasteiger partial charge is 0.382 e. The fraction of sp³-hybridized carbons (Fsp3) is 0.150. The van der Waals surface area contributed by atoms with Crippen LogP contribution in [0.3, 0.4) is 0 Å². The van der Waals surface area contributed by atoms with Gasteiger partial charge in [-0.05, 0) is 60.9 Å². The molecule has 0 amide bonds. The number of nitrogens with one attached hydrogen (secondary N) is 1. The molecule has 0 aliphatic rings. The molecule has 2 N–H and O–H groups in total. The van der Waals surface area contributed by atoms with Gasteiger partial charge in [0, 0.05) is 6.20 Å². The molecule has 0 saturated heterocycles. The van der Waals surface area contributed by atoms with Gasteiger partial charge in [0.05, 0.1) is 11.4 Å². The van der Waals surface area contributed by atoms with Gasteiger partial charge in [-0.25, -0.2) is 12.8 Å². The summed E-state index contributed by atoms with van der Waals surface area (Å²) in [6.07, 6.45) is 0.558. The Kier molecular flexibility index (Phi) is 5.25. The number of rotatable bonds is 5. The topological polar surface area (TPSA) is 79.3 Å². The summed E-state index contributed by atoms with van der Waals surface area (Å²) in [4.78, 5) is 3.68. The lowest BCUT2D eigenvalue weighted by Gasteiger charge is -2.15. The summed E-state index contributed by atoms with van der Waals surface area (Å²) in [5, 5.41) is 10.5. The van der Waals surface area contributed by atoms with Gasteiger partial charge in [-0.2, -0.15) is 0 Å². The van der Waals surface area contributed by atoms with Crippen LogP contribution in [0.25, 0.3) is 0 Å². The lowest BCUT2D eigenvalue weighted by Crippen LogP contribution is -2.16. The Morgan fingerprint density at radius 3 is 2.52 bits per heavy atom. The molecule has 0 saturated carbocycles. The molecule has 27 heavy (non-hydrogen) atoms. The Bertz CT molecular complexity index is 1070. The molecule has 5 nitrogen and oxygen atoms in total. The van der Waals surface area contributed by atoms with Crippen molar-refractivity contribution in [1.82, 2.24) is 4.98 Å². The van der Waals surface area contributed by atoms with Crippen LogP contribution >= 0.6 is 0 Å². The quantitative estimate of drug-likeness (QED) is 0.700. The molecule has 0 bridgehead atoms. The monoisotopic (exact) mass is 386 g/mol. The van der Waals surface area contributed by atoms with E-state index in [1.165, 1.54) is 24.3 Å². The summed E-state index contributed by atoms with van der Waals surface area (Å²) in [7, 11) is -4.11. The minimum absolute atomic E-state index is 0.266. The van der Waals surface area contributed by atoms with Crippen molar-refractivity contribution in [3.8, 4) is 0 Å². The minimum Gasteiger partial charge on any atom is -0.382 e. The maximum Gasteiger partial charge on any atom is 0.264 e. The molecule has 0 fully saturated rings. The lowest BCUT2D eigenvalue weighted by molar-refractivity contribution is 0.215. The van der Waals surface area contributed by atoms with Crippen LogP contribution < -0.4 is 4.72 Å². The van der Waals surface area contributed by atoms with Gasteiger partial charge in [0.1, 0.15) is 16.8 Å². The average Bonchev–Trinajstić information content (AvgIpc) is 2.63. The molecule has 0 spiro atoms. The molecule has 140 valence electrons. The highest BCUT2D eigenvalue weighted by Crippen LogP contribution is 2.27. The third-order valence-electron chi connectivity index (χ3n) is 4.17. The van der Waals surface area contributed by atoms with E-state index in [4.69, 9.17) is 0 Å². The Morgan fingerprint density at radius 1 is 1.07 bits per heavy atom. The summed E-state index contributed by atoms with van der Waals surface area (Å²) in [6.45, 7) is 3.40. The summed E-state index contributed by atoms with van der Waals surface area (Å²) >= 11 is 0. The van der Waals surface area contributed by atoms with E-state index in [-0.39, 0.29) is 5.69 Å². The Labute approximate surface area is 157 Å². The molecule has 2 aromatic carbocycles. The normalized spacial score (nSPS) is 12.6. The number of benzene rings is 2. The SMILES string of the molecule is Cc1ccc(S(=O)(=O)Nc2cc([C@H](O)c3ccccn3)ccc2C)c(F)c1. The van der Waals surface area contributed by atoms with Crippen LogP contribution in [0.1, 0.15) is 28.5 Å². The molecule has 3 rings (SSSR count). The number of aromatic nitrogens is 1. The van der Waals surface area contributed by atoms with Gasteiger partial charge >= 0.3 is 0 Å². The number of hydrogen-bond acceptors (Lipinski definition) is 4. The number of pyridine rings is 1. The van der Waals surface area contributed by atoms with Crippen molar-refractivity contribution >= 4 is 15.7 Å². The zero-order valence-corrected chi connectivity index (χ0v) is 15.7. The fourth-order valence-electron chi connectivity index (χ4n) is 2.65. The Hall–Kier alpha value is -2.77. The van der Waals surface area contributed by atoms with Crippen LogP contribution in [0.2, 0.25) is 0 Å². The van der Waals surface area contributed by atoms with Crippen LogP contribution in [0.15, 0.2) is 65.7 Å². The number of aryl methyl sites for hydroxylation is 2. The summed E-state index contributed by atoms with van der Waals surface area (Å²) in [6, 6.07) is 14.0. The van der Waals surface area contributed by atoms with E-state index in [1.807, 2.05) is 0 Å². The van der Waals surface area contributed by atoms with Gasteiger partial charge < -0.3 is 5.11 Å². The Balaban J connectivity index is 1.95. The van der Waals surface area contributed by atoms with Crippen LogP contribution in [-0.2, 0) is 10.0 Å². The second-order valence-corrected chi connectivity index (χ2v) is 7.92. The first kappa shape index (κ1) is 19.0. The minimum atomic E-state index is -4.11. The first-order valence-corrected chi connectivity index (χ1v) is 9.75. The van der Waals surface area contributed by atoms with E-state index in [0.717, 1.165) is 0 Å². The van der Waals surface area contributed by atoms with Crippen molar-refractivity contribution in [2.24, 2.45) is 0 Å². The second kappa shape index (κ2) is 7.46. The highest BCUT2D eigenvalue weighted by atomic mass is 32.2. The number of aliphatic hydroxyl groups is 1. The molecular weight excluding hydrogens is 367 g/mol. The van der Waals surface area contributed by atoms with Crippen LogP contribution in [0.4, 0.5) is 10.1 Å². The molecule has 1 atom stereocenters. The smallest absolute Gasteiger partial charge is 0.264 e. The maximum absolute atomic E-state index is 14.1. The highest BCUT2D eigenvalue weighted by molar-refractivity contribution is 7.92. The molecule has 0 aliphatic carbocycles. The summed E-state index contributed by atoms with van der Waals surface area (Å²) in [5.74, 6) is -0.815. The molecular formula is C20H19FN2O3S. The van der Waals surface area contributed by atoms with Crippen molar-refractivity contribution < 1.29 is 17.9 Å². The number of hydrogen-bond donors (Lipinski definition) is 2. The Morgan fingerprint density at radius 2 is 1.85 bits per heavy atom. The van der Waals surface area contributed by atoms with E-state index in [0.29, 0.717) is 22.4 Å². The second-order valence-electron chi connectivity index (χ2n) is 6.27. The van der Waals surface area contributed by atoms with Gasteiger partial charge in [0.15, 0.2) is 0 Å². The molecule has 0 radical (unpaired) electrons. The van der Waals surface area contributed by atoms with Crippen LogP contribution in [0.5, 0.6) is 0 Å². The van der Waals surface area contributed by atoms with Gasteiger partial charge in [-0.3, -0.25) is 9.71 Å². The first-order chi connectivity index (χ1) is 12.8. The zero-order valence-electron chi connectivity index (χ0n) is 14.8. The van der Waals surface area contributed by atoms with Gasteiger partial charge in [-0.1, -0.05) is 24.3 Å². The number of halogens is 1.